The lowest BCUT2D eigenvalue weighted by atomic mass is 9.92. The molecule has 1 rings (SSSR count). The standard InChI is InChI=1S/C17H34O/c1-2-3-4-5-6-11-14-17(18)15-16-12-9-7-8-10-13-16/h16-18H,2-15H2,1H3. The van der Waals surface area contributed by atoms with E-state index in [1.807, 2.05) is 0 Å². The van der Waals surface area contributed by atoms with Gasteiger partial charge in [-0.15, -0.1) is 0 Å². The summed E-state index contributed by atoms with van der Waals surface area (Å²) in [5.41, 5.74) is 0. The van der Waals surface area contributed by atoms with Gasteiger partial charge in [0.25, 0.3) is 0 Å². The van der Waals surface area contributed by atoms with E-state index in [-0.39, 0.29) is 6.10 Å². The Hall–Kier alpha value is -0.0400. The largest absolute Gasteiger partial charge is 0.393 e. The van der Waals surface area contributed by atoms with Crippen LogP contribution >= 0.6 is 0 Å². The summed E-state index contributed by atoms with van der Waals surface area (Å²) < 4.78 is 0. The molecule has 0 amide bonds. The van der Waals surface area contributed by atoms with E-state index in [0.717, 1.165) is 18.8 Å². The molecule has 0 saturated heterocycles. The molecular formula is C17H34O. The molecule has 1 atom stereocenters. The van der Waals surface area contributed by atoms with E-state index in [1.165, 1.54) is 77.0 Å². The Morgan fingerprint density at radius 3 is 2.17 bits per heavy atom. The second-order valence-electron chi connectivity index (χ2n) is 6.30. The molecule has 0 aromatic heterocycles. The maximum Gasteiger partial charge on any atom is 0.0542 e. The van der Waals surface area contributed by atoms with Gasteiger partial charge in [-0.05, 0) is 18.8 Å². The minimum Gasteiger partial charge on any atom is -0.393 e. The summed E-state index contributed by atoms with van der Waals surface area (Å²) in [7, 11) is 0. The quantitative estimate of drug-likeness (QED) is 0.428. The molecule has 0 aromatic carbocycles. The zero-order valence-corrected chi connectivity index (χ0v) is 12.5. The van der Waals surface area contributed by atoms with Crippen molar-refractivity contribution in [2.75, 3.05) is 0 Å². The van der Waals surface area contributed by atoms with Crippen LogP contribution in [0.25, 0.3) is 0 Å². The van der Waals surface area contributed by atoms with Crippen molar-refractivity contribution in [3.05, 3.63) is 0 Å². The number of aliphatic hydroxyl groups is 1. The van der Waals surface area contributed by atoms with Gasteiger partial charge in [-0.2, -0.15) is 0 Å². The number of aliphatic hydroxyl groups excluding tert-OH is 1. The summed E-state index contributed by atoms with van der Waals surface area (Å²) in [4.78, 5) is 0. The molecule has 18 heavy (non-hydrogen) atoms. The molecule has 0 heterocycles. The Morgan fingerprint density at radius 2 is 1.50 bits per heavy atom. The lowest BCUT2D eigenvalue weighted by molar-refractivity contribution is 0.125. The Balaban J connectivity index is 1.97. The third-order valence-corrected chi connectivity index (χ3v) is 4.47. The second-order valence-corrected chi connectivity index (χ2v) is 6.30. The van der Waals surface area contributed by atoms with Crippen LogP contribution in [0.4, 0.5) is 0 Å². The number of unbranched alkanes of at least 4 members (excludes halogenated alkanes) is 5. The van der Waals surface area contributed by atoms with Gasteiger partial charge < -0.3 is 5.11 Å². The molecular weight excluding hydrogens is 220 g/mol. The van der Waals surface area contributed by atoms with E-state index in [1.54, 1.807) is 0 Å². The molecule has 1 saturated carbocycles. The number of hydrogen-bond donors (Lipinski definition) is 1. The summed E-state index contributed by atoms with van der Waals surface area (Å²) in [6.07, 6.45) is 18.5. The van der Waals surface area contributed by atoms with Crippen molar-refractivity contribution in [3.8, 4) is 0 Å². The van der Waals surface area contributed by atoms with Crippen LogP contribution in [-0.4, -0.2) is 11.2 Å². The average molecular weight is 254 g/mol. The van der Waals surface area contributed by atoms with Gasteiger partial charge in [0.1, 0.15) is 0 Å². The Morgan fingerprint density at radius 1 is 0.889 bits per heavy atom. The van der Waals surface area contributed by atoms with Crippen LogP contribution in [0.15, 0.2) is 0 Å². The normalized spacial score (nSPS) is 19.7. The van der Waals surface area contributed by atoms with Crippen LogP contribution in [0.2, 0.25) is 0 Å². The van der Waals surface area contributed by atoms with Gasteiger partial charge in [0.2, 0.25) is 0 Å². The minimum atomic E-state index is -0.0146. The topological polar surface area (TPSA) is 20.2 Å². The first-order valence-electron chi connectivity index (χ1n) is 8.51. The van der Waals surface area contributed by atoms with Crippen LogP contribution in [0.3, 0.4) is 0 Å². The molecule has 108 valence electrons. The van der Waals surface area contributed by atoms with Gasteiger partial charge in [0, 0.05) is 0 Å². The van der Waals surface area contributed by atoms with Crippen LogP contribution in [0.5, 0.6) is 0 Å². The van der Waals surface area contributed by atoms with Crippen LogP contribution in [0.1, 0.15) is 96.8 Å². The van der Waals surface area contributed by atoms with Gasteiger partial charge in [0.05, 0.1) is 6.10 Å². The lowest BCUT2D eigenvalue weighted by Gasteiger charge is -2.18. The molecule has 0 spiro atoms. The van der Waals surface area contributed by atoms with Crippen molar-refractivity contribution in [1.29, 1.82) is 0 Å². The first-order chi connectivity index (χ1) is 8.83. The molecule has 0 aromatic rings. The van der Waals surface area contributed by atoms with Gasteiger partial charge >= 0.3 is 0 Å². The monoisotopic (exact) mass is 254 g/mol. The van der Waals surface area contributed by atoms with Crippen molar-refractivity contribution in [2.45, 2.75) is 103 Å². The fourth-order valence-corrected chi connectivity index (χ4v) is 3.26. The first-order valence-corrected chi connectivity index (χ1v) is 8.51. The highest BCUT2D eigenvalue weighted by atomic mass is 16.3. The Kier molecular flexibility index (Phi) is 9.65. The SMILES string of the molecule is CCCCCCCCC(O)CC1CCCCCC1. The molecule has 1 fully saturated rings. The molecule has 0 radical (unpaired) electrons. The molecule has 1 N–H and O–H groups in total. The van der Waals surface area contributed by atoms with Crippen LogP contribution < -0.4 is 0 Å². The van der Waals surface area contributed by atoms with Crippen molar-refractivity contribution < 1.29 is 5.11 Å². The van der Waals surface area contributed by atoms with E-state index < -0.39 is 0 Å². The lowest BCUT2D eigenvalue weighted by Crippen LogP contribution is -2.13. The third kappa shape index (κ3) is 8.13. The first kappa shape index (κ1) is 16.0. The van der Waals surface area contributed by atoms with Gasteiger partial charge in [0.15, 0.2) is 0 Å². The Labute approximate surface area is 114 Å². The highest BCUT2D eigenvalue weighted by molar-refractivity contribution is 4.69. The van der Waals surface area contributed by atoms with E-state index in [4.69, 9.17) is 0 Å². The molecule has 1 unspecified atom stereocenters. The number of hydrogen-bond acceptors (Lipinski definition) is 1. The van der Waals surface area contributed by atoms with Crippen molar-refractivity contribution in [3.63, 3.8) is 0 Å². The summed E-state index contributed by atoms with van der Waals surface area (Å²) in [5, 5.41) is 10.1. The maximum absolute atomic E-state index is 10.1. The highest BCUT2D eigenvalue weighted by Gasteiger charge is 2.16. The third-order valence-electron chi connectivity index (χ3n) is 4.47. The molecule has 1 nitrogen and oxygen atoms in total. The maximum atomic E-state index is 10.1. The molecule has 1 aliphatic rings. The van der Waals surface area contributed by atoms with Crippen molar-refractivity contribution in [2.24, 2.45) is 5.92 Å². The molecule has 1 heteroatoms. The fraction of sp³-hybridized carbons (Fsp3) is 1.00. The van der Waals surface area contributed by atoms with Crippen molar-refractivity contribution >= 4 is 0 Å². The van der Waals surface area contributed by atoms with Gasteiger partial charge in [-0.1, -0.05) is 84.0 Å². The summed E-state index contributed by atoms with van der Waals surface area (Å²) in [6, 6.07) is 0. The predicted molar refractivity (Wildman–Crippen MR) is 79.8 cm³/mol. The van der Waals surface area contributed by atoms with Crippen molar-refractivity contribution in [1.82, 2.24) is 0 Å². The summed E-state index contributed by atoms with van der Waals surface area (Å²) in [6.45, 7) is 2.26. The number of rotatable bonds is 9. The van der Waals surface area contributed by atoms with Gasteiger partial charge in [-0.25, -0.2) is 0 Å². The van der Waals surface area contributed by atoms with Crippen LogP contribution in [0, 0.1) is 5.92 Å². The van der Waals surface area contributed by atoms with E-state index in [0.29, 0.717) is 0 Å². The van der Waals surface area contributed by atoms with Crippen LogP contribution in [-0.2, 0) is 0 Å². The molecule has 0 bridgehead atoms. The fourth-order valence-electron chi connectivity index (χ4n) is 3.26. The zero-order chi connectivity index (χ0) is 13.1. The smallest absolute Gasteiger partial charge is 0.0542 e. The minimum absolute atomic E-state index is 0.0146. The predicted octanol–water partition coefficient (Wildman–Crippen LogP) is 5.46. The highest BCUT2D eigenvalue weighted by Crippen LogP contribution is 2.27. The Bertz CT molecular complexity index is 170. The molecule has 1 aliphatic carbocycles. The zero-order valence-electron chi connectivity index (χ0n) is 12.5. The second kappa shape index (κ2) is 10.8. The summed E-state index contributed by atoms with van der Waals surface area (Å²) >= 11 is 0. The summed E-state index contributed by atoms with van der Waals surface area (Å²) in [5.74, 6) is 0.822. The molecule has 0 aliphatic heterocycles. The van der Waals surface area contributed by atoms with E-state index in [9.17, 15) is 5.11 Å². The van der Waals surface area contributed by atoms with E-state index in [2.05, 4.69) is 6.92 Å². The van der Waals surface area contributed by atoms with Gasteiger partial charge in [-0.3, -0.25) is 0 Å². The average Bonchev–Trinajstić information content (AvgIpc) is 2.62. The van der Waals surface area contributed by atoms with E-state index >= 15 is 0 Å².